The molecule has 0 saturated carbocycles. The Bertz CT molecular complexity index is 1280. The highest BCUT2D eigenvalue weighted by Crippen LogP contribution is 2.30. The molecule has 1 aliphatic heterocycles. The summed E-state index contributed by atoms with van der Waals surface area (Å²) in [5.41, 5.74) is 2.04. The molecule has 1 aromatic carbocycles. The van der Waals surface area contributed by atoms with Gasteiger partial charge in [-0.05, 0) is 25.0 Å². The molecule has 1 N–H and O–H groups in total. The van der Waals surface area contributed by atoms with Crippen LogP contribution in [0, 0.1) is 0 Å². The summed E-state index contributed by atoms with van der Waals surface area (Å²) in [4.78, 5) is 24.1. The molecular weight excluding hydrogens is 463 g/mol. The first-order valence-electron chi connectivity index (χ1n) is 11.0. The van der Waals surface area contributed by atoms with Crippen LogP contribution < -0.4 is 10.2 Å². The van der Waals surface area contributed by atoms with Gasteiger partial charge in [0.15, 0.2) is 4.96 Å². The van der Waals surface area contributed by atoms with E-state index in [2.05, 4.69) is 15.3 Å². The van der Waals surface area contributed by atoms with E-state index in [9.17, 15) is 18.0 Å². The summed E-state index contributed by atoms with van der Waals surface area (Å²) in [5.74, 6) is 0.466. The second-order valence-electron chi connectivity index (χ2n) is 8.28. The monoisotopic (exact) mass is 485 g/mol. The van der Waals surface area contributed by atoms with Crippen LogP contribution >= 0.6 is 11.3 Å². The summed E-state index contributed by atoms with van der Waals surface area (Å²) in [5, 5.41) is 5.05. The third kappa shape index (κ3) is 4.77. The van der Waals surface area contributed by atoms with E-state index in [1.807, 2.05) is 51.2 Å². The number of fused-ring (bicyclic) bond motifs is 1. The first-order valence-corrected chi connectivity index (χ1v) is 11.8. The first-order chi connectivity index (χ1) is 16.4. The number of hydrogen-bond donors (Lipinski definition) is 1. The second kappa shape index (κ2) is 9.09. The number of piperidine rings is 1. The van der Waals surface area contributed by atoms with Crippen LogP contribution in [-0.4, -0.2) is 39.4 Å². The maximum absolute atomic E-state index is 12.7. The van der Waals surface area contributed by atoms with Gasteiger partial charge >= 0.3 is 6.18 Å². The van der Waals surface area contributed by atoms with Gasteiger partial charge in [0.1, 0.15) is 5.82 Å². The van der Waals surface area contributed by atoms with Crippen LogP contribution in [0.4, 0.5) is 19.0 Å². The van der Waals surface area contributed by atoms with Crippen molar-refractivity contribution in [3.8, 4) is 11.3 Å². The molecule has 1 amide bonds. The average molecular weight is 486 g/mol. The van der Waals surface area contributed by atoms with Gasteiger partial charge in [0.25, 0.3) is 0 Å². The van der Waals surface area contributed by atoms with Gasteiger partial charge in [-0.25, -0.2) is 9.97 Å². The van der Waals surface area contributed by atoms with Crippen LogP contribution in [0.25, 0.3) is 16.2 Å². The number of benzene rings is 1. The molecule has 34 heavy (non-hydrogen) atoms. The summed E-state index contributed by atoms with van der Waals surface area (Å²) in [7, 11) is 0. The molecule has 0 radical (unpaired) electrons. The number of carbonyl (C=O) groups excluding carboxylic acids is 1. The number of anilines is 1. The van der Waals surface area contributed by atoms with Crippen molar-refractivity contribution in [3.63, 3.8) is 0 Å². The number of nitrogens with one attached hydrogen (secondary N) is 1. The van der Waals surface area contributed by atoms with Crippen molar-refractivity contribution in [3.05, 3.63) is 71.5 Å². The molecule has 1 fully saturated rings. The van der Waals surface area contributed by atoms with E-state index in [0.29, 0.717) is 31.7 Å². The van der Waals surface area contributed by atoms with E-state index in [-0.39, 0.29) is 18.4 Å². The molecule has 5 rings (SSSR count). The van der Waals surface area contributed by atoms with Crippen molar-refractivity contribution in [2.24, 2.45) is 0 Å². The molecule has 0 bridgehead atoms. The molecule has 4 heterocycles. The molecule has 0 aliphatic carbocycles. The molecule has 0 unspecified atom stereocenters. The number of imidazole rings is 1. The lowest BCUT2D eigenvalue weighted by molar-refractivity contribution is -0.137. The third-order valence-corrected chi connectivity index (χ3v) is 6.84. The Hall–Kier alpha value is -3.40. The topological polar surface area (TPSA) is 62.5 Å². The first kappa shape index (κ1) is 22.4. The van der Waals surface area contributed by atoms with Crippen LogP contribution in [0.3, 0.4) is 0 Å². The van der Waals surface area contributed by atoms with E-state index in [1.54, 1.807) is 0 Å². The quantitative estimate of drug-likeness (QED) is 0.441. The number of rotatable bonds is 5. The molecule has 1 saturated heterocycles. The van der Waals surface area contributed by atoms with Crippen LogP contribution in [0.15, 0.2) is 60.2 Å². The van der Waals surface area contributed by atoms with E-state index in [4.69, 9.17) is 0 Å². The molecule has 1 aliphatic rings. The van der Waals surface area contributed by atoms with Gasteiger partial charge in [-0.2, -0.15) is 13.2 Å². The largest absolute Gasteiger partial charge is 0.417 e. The highest BCUT2D eigenvalue weighted by molar-refractivity contribution is 7.15. The number of alkyl halides is 3. The lowest BCUT2D eigenvalue weighted by Gasteiger charge is -2.33. The zero-order valence-electron chi connectivity index (χ0n) is 18.1. The molecule has 0 atom stereocenters. The van der Waals surface area contributed by atoms with E-state index >= 15 is 0 Å². The van der Waals surface area contributed by atoms with E-state index in [1.165, 1.54) is 17.4 Å². The van der Waals surface area contributed by atoms with Crippen molar-refractivity contribution in [2.45, 2.75) is 31.5 Å². The Kier molecular flexibility index (Phi) is 5.99. The number of pyridine rings is 1. The summed E-state index contributed by atoms with van der Waals surface area (Å²) < 4.78 is 40.2. The smallest absolute Gasteiger partial charge is 0.356 e. The SMILES string of the molecule is O=C(Cc1csc2nc(-c3ccccc3)cn12)NC1CCN(c2ccc(C(F)(F)F)cn2)CC1. The fourth-order valence-electron chi connectivity index (χ4n) is 4.14. The summed E-state index contributed by atoms with van der Waals surface area (Å²) >= 11 is 1.51. The van der Waals surface area contributed by atoms with Gasteiger partial charge in [0.05, 0.1) is 17.7 Å². The third-order valence-electron chi connectivity index (χ3n) is 5.95. The van der Waals surface area contributed by atoms with Crippen molar-refractivity contribution in [2.75, 3.05) is 18.0 Å². The maximum Gasteiger partial charge on any atom is 0.417 e. The summed E-state index contributed by atoms with van der Waals surface area (Å²) in [6.07, 6.45) is 0.0960. The van der Waals surface area contributed by atoms with Crippen molar-refractivity contribution < 1.29 is 18.0 Å². The number of halogens is 3. The van der Waals surface area contributed by atoms with Crippen LogP contribution in [0.5, 0.6) is 0 Å². The summed E-state index contributed by atoms with van der Waals surface area (Å²) in [6, 6.07) is 12.4. The van der Waals surface area contributed by atoms with Gasteiger partial charge in [0, 0.05) is 48.2 Å². The number of hydrogen-bond acceptors (Lipinski definition) is 5. The van der Waals surface area contributed by atoms with E-state index in [0.717, 1.165) is 34.2 Å². The van der Waals surface area contributed by atoms with Gasteiger partial charge in [-0.1, -0.05) is 30.3 Å². The van der Waals surface area contributed by atoms with E-state index < -0.39 is 11.7 Å². The van der Waals surface area contributed by atoms with Crippen molar-refractivity contribution in [1.29, 1.82) is 0 Å². The highest BCUT2D eigenvalue weighted by Gasteiger charge is 2.31. The van der Waals surface area contributed by atoms with Crippen molar-refractivity contribution in [1.82, 2.24) is 19.7 Å². The zero-order chi connectivity index (χ0) is 23.7. The molecule has 0 spiro atoms. The minimum absolute atomic E-state index is 0.0231. The van der Waals surface area contributed by atoms with Crippen LogP contribution in [0.1, 0.15) is 24.1 Å². The predicted octanol–water partition coefficient (Wildman–Crippen LogP) is 4.80. The minimum Gasteiger partial charge on any atom is -0.356 e. The van der Waals surface area contributed by atoms with Gasteiger partial charge in [0.2, 0.25) is 5.91 Å². The van der Waals surface area contributed by atoms with Crippen LogP contribution in [0.2, 0.25) is 0 Å². The molecule has 176 valence electrons. The number of aromatic nitrogens is 3. The second-order valence-corrected chi connectivity index (χ2v) is 9.12. The number of amides is 1. The minimum atomic E-state index is -4.39. The molecule has 6 nitrogen and oxygen atoms in total. The summed E-state index contributed by atoms with van der Waals surface area (Å²) in [6.45, 7) is 1.24. The number of thiazole rings is 1. The molecule has 10 heteroatoms. The van der Waals surface area contributed by atoms with Gasteiger partial charge in [-0.3, -0.25) is 9.20 Å². The Labute approximate surface area is 198 Å². The fourth-order valence-corrected chi connectivity index (χ4v) is 5.01. The van der Waals surface area contributed by atoms with Crippen molar-refractivity contribution >= 4 is 28.0 Å². The highest BCUT2D eigenvalue weighted by atomic mass is 32.1. The van der Waals surface area contributed by atoms with Gasteiger partial charge < -0.3 is 10.2 Å². The molecule has 4 aromatic rings. The standard InChI is InChI=1S/C24H22F3N5OS/c25-24(26,27)17-6-7-21(28-13-17)31-10-8-18(9-11-31)29-22(33)12-19-15-34-23-30-20(14-32(19)23)16-4-2-1-3-5-16/h1-7,13-15,18H,8-12H2,(H,29,33). The Morgan fingerprint density at radius 1 is 1.12 bits per heavy atom. The normalized spacial score (nSPS) is 15.1. The average Bonchev–Trinajstić information content (AvgIpc) is 3.42. The number of nitrogens with zero attached hydrogens (tertiary/aromatic N) is 4. The predicted molar refractivity (Wildman–Crippen MR) is 125 cm³/mol. The Balaban J connectivity index is 1.16. The maximum atomic E-state index is 12.7. The fraction of sp³-hybridized carbons (Fsp3) is 0.292. The van der Waals surface area contributed by atoms with Crippen LogP contribution in [-0.2, 0) is 17.4 Å². The molecule has 3 aromatic heterocycles. The Morgan fingerprint density at radius 3 is 2.56 bits per heavy atom. The lowest BCUT2D eigenvalue weighted by atomic mass is 10.0. The van der Waals surface area contributed by atoms with Gasteiger partial charge in [-0.15, -0.1) is 11.3 Å². The number of carbonyl (C=O) groups is 1. The molecular formula is C24H22F3N5OS. The lowest BCUT2D eigenvalue weighted by Crippen LogP contribution is -2.45. The Morgan fingerprint density at radius 2 is 1.88 bits per heavy atom. The zero-order valence-corrected chi connectivity index (χ0v) is 18.9.